The van der Waals surface area contributed by atoms with Crippen molar-refractivity contribution in [3.05, 3.63) is 36.2 Å². The Hall–Kier alpha value is -2.50. The van der Waals surface area contributed by atoms with E-state index in [1.807, 2.05) is 13.8 Å². The highest BCUT2D eigenvalue weighted by molar-refractivity contribution is 6.06. The second-order valence-corrected chi connectivity index (χ2v) is 4.82. The molecular formula is C15H19N3O3. The Labute approximate surface area is 123 Å². The van der Waals surface area contributed by atoms with E-state index in [0.29, 0.717) is 22.7 Å². The van der Waals surface area contributed by atoms with Gasteiger partial charge in [0.2, 0.25) is 0 Å². The molecule has 21 heavy (non-hydrogen) atoms. The van der Waals surface area contributed by atoms with Crippen molar-refractivity contribution in [1.82, 2.24) is 9.78 Å². The standard InChI is InChI=1S/C15H19N3O3/c1-10(2)18-9-11(8-16-18)17-15(19)13-7-12(20-3)5-6-14(13)21-4/h5-10H,1-4H3,(H,17,19). The van der Waals surface area contributed by atoms with E-state index in [1.165, 1.54) is 7.11 Å². The molecule has 0 aliphatic heterocycles. The number of aromatic nitrogens is 2. The number of amides is 1. The number of anilines is 1. The maximum Gasteiger partial charge on any atom is 0.259 e. The number of ether oxygens (including phenoxy) is 2. The lowest BCUT2D eigenvalue weighted by Gasteiger charge is -2.10. The van der Waals surface area contributed by atoms with Crippen molar-refractivity contribution in [3.63, 3.8) is 0 Å². The summed E-state index contributed by atoms with van der Waals surface area (Å²) in [5, 5.41) is 6.99. The van der Waals surface area contributed by atoms with Gasteiger partial charge in [-0.05, 0) is 32.0 Å². The summed E-state index contributed by atoms with van der Waals surface area (Å²) in [6.45, 7) is 4.04. The van der Waals surface area contributed by atoms with E-state index >= 15 is 0 Å². The molecule has 1 aromatic heterocycles. The third-order valence-corrected chi connectivity index (χ3v) is 3.04. The molecule has 112 valence electrons. The zero-order valence-electron chi connectivity index (χ0n) is 12.6. The van der Waals surface area contributed by atoms with Crippen LogP contribution in [0.3, 0.4) is 0 Å². The molecule has 0 bridgehead atoms. The van der Waals surface area contributed by atoms with Crippen LogP contribution >= 0.6 is 0 Å². The zero-order chi connectivity index (χ0) is 15.4. The molecule has 0 spiro atoms. The average molecular weight is 289 g/mol. The van der Waals surface area contributed by atoms with E-state index in [4.69, 9.17) is 9.47 Å². The van der Waals surface area contributed by atoms with E-state index in [2.05, 4.69) is 10.4 Å². The first-order valence-electron chi connectivity index (χ1n) is 6.62. The molecular weight excluding hydrogens is 270 g/mol. The maximum atomic E-state index is 12.4. The van der Waals surface area contributed by atoms with Gasteiger partial charge in [0.25, 0.3) is 5.91 Å². The van der Waals surface area contributed by atoms with Gasteiger partial charge in [-0.1, -0.05) is 0 Å². The normalized spacial score (nSPS) is 10.5. The number of hydrogen-bond donors (Lipinski definition) is 1. The van der Waals surface area contributed by atoms with Crippen LogP contribution in [0.1, 0.15) is 30.2 Å². The molecule has 0 saturated heterocycles. The molecule has 0 aliphatic rings. The van der Waals surface area contributed by atoms with Gasteiger partial charge in [0, 0.05) is 12.2 Å². The fraction of sp³-hybridized carbons (Fsp3) is 0.333. The lowest BCUT2D eigenvalue weighted by molar-refractivity contribution is 0.102. The van der Waals surface area contributed by atoms with Crippen LogP contribution in [-0.2, 0) is 0 Å². The van der Waals surface area contributed by atoms with Crippen LogP contribution in [0.4, 0.5) is 5.69 Å². The SMILES string of the molecule is COc1ccc(OC)c(C(=O)Nc2cnn(C(C)C)c2)c1. The first kappa shape index (κ1) is 14.9. The summed E-state index contributed by atoms with van der Waals surface area (Å²) in [4.78, 5) is 12.4. The molecule has 0 saturated carbocycles. The predicted octanol–water partition coefficient (Wildman–Crippen LogP) is 2.73. The van der Waals surface area contributed by atoms with Crippen LogP contribution in [0, 0.1) is 0 Å². The third-order valence-electron chi connectivity index (χ3n) is 3.04. The molecule has 0 aliphatic carbocycles. The van der Waals surface area contributed by atoms with Crippen LogP contribution in [0.2, 0.25) is 0 Å². The minimum Gasteiger partial charge on any atom is -0.497 e. The molecule has 0 radical (unpaired) electrons. The first-order chi connectivity index (χ1) is 10.0. The monoisotopic (exact) mass is 289 g/mol. The summed E-state index contributed by atoms with van der Waals surface area (Å²) in [6.07, 6.45) is 3.40. The Morgan fingerprint density at radius 3 is 2.62 bits per heavy atom. The van der Waals surface area contributed by atoms with Gasteiger partial charge in [0.1, 0.15) is 11.5 Å². The number of hydrogen-bond acceptors (Lipinski definition) is 4. The van der Waals surface area contributed by atoms with E-state index in [0.717, 1.165) is 0 Å². The average Bonchev–Trinajstić information content (AvgIpc) is 2.95. The lowest BCUT2D eigenvalue weighted by atomic mass is 10.1. The number of benzene rings is 1. The van der Waals surface area contributed by atoms with E-state index in [9.17, 15) is 4.79 Å². The number of nitrogens with one attached hydrogen (secondary N) is 1. The van der Waals surface area contributed by atoms with Crippen molar-refractivity contribution < 1.29 is 14.3 Å². The highest BCUT2D eigenvalue weighted by atomic mass is 16.5. The van der Waals surface area contributed by atoms with Crippen molar-refractivity contribution in [2.75, 3.05) is 19.5 Å². The second-order valence-electron chi connectivity index (χ2n) is 4.82. The minimum atomic E-state index is -0.269. The second kappa shape index (κ2) is 6.30. The molecule has 0 fully saturated rings. The Kier molecular flexibility index (Phi) is 4.47. The Bertz CT molecular complexity index is 635. The quantitative estimate of drug-likeness (QED) is 0.919. The molecule has 1 aromatic carbocycles. The van der Waals surface area contributed by atoms with Crippen molar-refractivity contribution in [3.8, 4) is 11.5 Å². The largest absolute Gasteiger partial charge is 0.497 e. The summed E-state index contributed by atoms with van der Waals surface area (Å²) in [7, 11) is 3.07. The lowest BCUT2D eigenvalue weighted by Crippen LogP contribution is -2.13. The molecule has 0 atom stereocenters. The number of rotatable bonds is 5. The molecule has 2 aromatic rings. The Balaban J connectivity index is 2.22. The summed E-state index contributed by atoms with van der Waals surface area (Å²) in [5.41, 5.74) is 1.05. The third kappa shape index (κ3) is 3.34. The van der Waals surface area contributed by atoms with Crippen molar-refractivity contribution >= 4 is 11.6 Å². The van der Waals surface area contributed by atoms with Gasteiger partial charge in [0.05, 0.1) is 31.7 Å². The number of nitrogens with zero attached hydrogens (tertiary/aromatic N) is 2. The van der Waals surface area contributed by atoms with Crippen LogP contribution in [0.15, 0.2) is 30.6 Å². The van der Waals surface area contributed by atoms with Crippen molar-refractivity contribution in [2.45, 2.75) is 19.9 Å². The van der Waals surface area contributed by atoms with E-state index in [-0.39, 0.29) is 11.9 Å². The van der Waals surface area contributed by atoms with Crippen LogP contribution < -0.4 is 14.8 Å². The van der Waals surface area contributed by atoms with Crippen LogP contribution in [0.25, 0.3) is 0 Å². The Morgan fingerprint density at radius 1 is 1.29 bits per heavy atom. The predicted molar refractivity (Wildman–Crippen MR) is 80.1 cm³/mol. The highest BCUT2D eigenvalue weighted by Crippen LogP contribution is 2.25. The summed E-state index contributed by atoms with van der Waals surface area (Å²) >= 11 is 0. The van der Waals surface area contributed by atoms with Gasteiger partial charge >= 0.3 is 0 Å². The number of carbonyl (C=O) groups is 1. The minimum absolute atomic E-state index is 0.238. The van der Waals surface area contributed by atoms with Gasteiger partial charge in [-0.3, -0.25) is 9.48 Å². The van der Waals surface area contributed by atoms with Gasteiger partial charge in [0.15, 0.2) is 0 Å². The van der Waals surface area contributed by atoms with Crippen LogP contribution in [-0.4, -0.2) is 29.9 Å². The van der Waals surface area contributed by atoms with E-state index in [1.54, 1.807) is 42.4 Å². The van der Waals surface area contributed by atoms with Crippen LogP contribution in [0.5, 0.6) is 11.5 Å². The molecule has 0 unspecified atom stereocenters. The first-order valence-corrected chi connectivity index (χ1v) is 6.62. The number of methoxy groups -OCH3 is 2. The van der Waals surface area contributed by atoms with Crippen molar-refractivity contribution in [1.29, 1.82) is 0 Å². The fourth-order valence-electron chi connectivity index (χ4n) is 1.87. The summed E-state index contributed by atoms with van der Waals surface area (Å²) < 4.78 is 12.1. The van der Waals surface area contributed by atoms with E-state index < -0.39 is 0 Å². The molecule has 1 amide bonds. The van der Waals surface area contributed by atoms with Gasteiger partial charge in [-0.15, -0.1) is 0 Å². The molecule has 2 rings (SSSR count). The Morgan fingerprint density at radius 2 is 2.05 bits per heavy atom. The maximum absolute atomic E-state index is 12.4. The van der Waals surface area contributed by atoms with Gasteiger partial charge < -0.3 is 14.8 Å². The smallest absolute Gasteiger partial charge is 0.259 e. The summed E-state index contributed by atoms with van der Waals surface area (Å²) in [5.74, 6) is 0.817. The van der Waals surface area contributed by atoms with Gasteiger partial charge in [-0.2, -0.15) is 5.10 Å². The molecule has 6 heteroatoms. The topological polar surface area (TPSA) is 65.4 Å². The zero-order valence-corrected chi connectivity index (χ0v) is 12.6. The summed E-state index contributed by atoms with van der Waals surface area (Å²) in [6, 6.07) is 5.32. The fourth-order valence-corrected chi connectivity index (χ4v) is 1.87. The number of carbonyl (C=O) groups excluding carboxylic acids is 1. The molecule has 6 nitrogen and oxygen atoms in total. The van der Waals surface area contributed by atoms with Gasteiger partial charge in [-0.25, -0.2) is 0 Å². The van der Waals surface area contributed by atoms with Crippen molar-refractivity contribution in [2.24, 2.45) is 0 Å². The highest BCUT2D eigenvalue weighted by Gasteiger charge is 2.15. The molecule has 1 heterocycles. The molecule has 1 N–H and O–H groups in total.